The molecule has 0 amide bonds. The van der Waals surface area contributed by atoms with E-state index in [1.54, 1.807) is 11.7 Å². The van der Waals surface area contributed by atoms with E-state index in [1.807, 2.05) is 0 Å². The van der Waals surface area contributed by atoms with Crippen molar-refractivity contribution in [1.82, 2.24) is 9.55 Å². The average Bonchev–Trinajstić information content (AvgIpc) is 3.14. The van der Waals surface area contributed by atoms with E-state index in [0.717, 1.165) is 18.7 Å². The van der Waals surface area contributed by atoms with Crippen LogP contribution >= 0.6 is 11.6 Å². The number of hydrogen-bond donors (Lipinski definition) is 0. The maximum absolute atomic E-state index is 11.9. The molecule has 0 spiro atoms. The lowest BCUT2D eigenvalue weighted by Crippen LogP contribution is -2.26. The number of halogens is 1. The van der Waals surface area contributed by atoms with Crippen LogP contribution in [0.2, 0.25) is 5.15 Å². The second-order valence-electron chi connectivity index (χ2n) is 4.31. The molecule has 5 nitrogen and oxygen atoms in total. The number of ether oxygens (including phenoxy) is 2. The molecule has 100 valence electrons. The van der Waals surface area contributed by atoms with E-state index in [1.165, 1.54) is 6.07 Å². The van der Waals surface area contributed by atoms with E-state index < -0.39 is 0 Å². The van der Waals surface area contributed by atoms with Gasteiger partial charge in [-0.25, -0.2) is 4.98 Å². The van der Waals surface area contributed by atoms with E-state index in [2.05, 4.69) is 4.98 Å². The van der Waals surface area contributed by atoms with Crippen molar-refractivity contribution < 1.29 is 9.47 Å². The van der Waals surface area contributed by atoms with Crippen molar-refractivity contribution in [1.29, 1.82) is 0 Å². The topological polar surface area (TPSA) is 53.4 Å². The van der Waals surface area contributed by atoms with Gasteiger partial charge in [0, 0.05) is 19.1 Å². The molecule has 1 aromatic rings. The predicted octanol–water partition coefficient (Wildman–Crippen LogP) is 1.44. The monoisotopic (exact) mass is 272 g/mol. The Kier molecular flexibility index (Phi) is 4.74. The molecule has 18 heavy (non-hydrogen) atoms. The summed E-state index contributed by atoms with van der Waals surface area (Å²) >= 11 is 5.82. The Bertz CT molecular complexity index is 457. The Hall–Kier alpha value is -0.910. The minimum absolute atomic E-state index is 0.104. The van der Waals surface area contributed by atoms with Gasteiger partial charge in [-0.15, -0.1) is 0 Å². The molecular weight excluding hydrogens is 256 g/mol. The van der Waals surface area contributed by atoms with Crippen LogP contribution in [0, 0.1) is 0 Å². The lowest BCUT2D eigenvalue weighted by molar-refractivity contribution is 0.0658. The molecular formula is C12H17ClN2O3. The third kappa shape index (κ3) is 3.54. The normalized spacial score (nSPS) is 15.0. The average molecular weight is 273 g/mol. The zero-order valence-electron chi connectivity index (χ0n) is 10.4. The van der Waals surface area contributed by atoms with E-state index in [-0.39, 0.29) is 10.7 Å². The Morgan fingerprint density at radius 1 is 1.44 bits per heavy atom. The highest BCUT2D eigenvalue weighted by atomic mass is 35.5. The smallest absolute Gasteiger partial charge is 0.255 e. The summed E-state index contributed by atoms with van der Waals surface area (Å²) in [6.45, 7) is 2.08. The standard InChI is InChI=1S/C12H17ClN2O3/c1-17-6-7-18-5-4-15-11(16)8-10(13)14-12(15)9-2-3-9/h8-9H,2-7H2,1H3. The van der Waals surface area contributed by atoms with E-state index >= 15 is 0 Å². The second-order valence-corrected chi connectivity index (χ2v) is 4.69. The molecule has 1 aliphatic rings. The molecule has 0 aromatic carbocycles. The SMILES string of the molecule is COCCOCCn1c(C2CC2)nc(Cl)cc1=O. The highest BCUT2D eigenvalue weighted by molar-refractivity contribution is 6.29. The van der Waals surface area contributed by atoms with E-state index in [4.69, 9.17) is 21.1 Å². The highest BCUT2D eigenvalue weighted by Gasteiger charge is 2.28. The summed E-state index contributed by atoms with van der Waals surface area (Å²) in [6, 6.07) is 1.35. The van der Waals surface area contributed by atoms with Crippen molar-refractivity contribution in [2.75, 3.05) is 26.9 Å². The molecule has 0 N–H and O–H groups in total. The van der Waals surface area contributed by atoms with Gasteiger partial charge in [0.25, 0.3) is 5.56 Å². The van der Waals surface area contributed by atoms with Gasteiger partial charge in [0.1, 0.15) is 11.0 Å². The summed E-state index contributed by atoms with van der Waals surface area (Å²) in [5, 5.41) is 0.276. The lowest BCUT2D eigenvalue weighted by atomic mass is 10.3. The zero-order valence-corrected chi connectivity index (χ0v) is 11.2. The predicted molar refractivity (Wildman–Crippen MR) is 68.2 cm³/mol. The number of aromatic nitrogens is 2. The van der Waals surface area contributed by atoms with Crippen LogP contribution in [0.15, 0.2) is 10.9 Å². The van der Waals surface area contributed by atoms with Gasteiger partial charge in [0.05, 0.1) is 26.4 Å². The molecule has 1 aliphatic carbocycles. The summed E-state index contributed by atoms with van der Waals surface area (Å²) in [4.78, 5) is 16.1. The molecule has 6 heteroatoms. The zero-order chi connectivity index (χ0) is 13.0. The van der Waals surface area contributed by atoms with Crippen molar-refractivity contribution in [3.8, 4) is 0 Å². The largest absolute Gasteiger partial charge is 0.382 e. The summed E-state index contributed by atoms with van der Waals surface area (Å²) in [5.74, 6) is 1.18. The van der Waals surface area contributed by atoms with Crippen molar-refractivity contribution in [3.63, 3.8) is 0 Å². The number of hydrogen-bond acceptors (Lipinski definition) is 4. The Labute approximate surface area is 111 Å². The van der Waals surface area contributed by atoms with Crippen LogP contribution in [0.5, 0.6) is 0 Å². The van der Waals surface area contributed by atoms with E-state index in [0.29, 0.717) is 32.3 Å². The number of nitrogens with zero attached hydrogens (tertiary/aromatic N) is 2. The quantitative estimate of drug-likeness (QED) is 0.557. The van der Waals surface area contributed by atoms with Gasteiger partial charge in [0.2, 0.25) is 0 Å². The number of rotatable bonds is 7. The summed E-state index contributed by atoms with van der Waals surface area (Å²) in [7, 11) is 1.63. The Morgan fingerprint density at radius 3 is 2.89 bits per heavy atom. The fourth-order valence-corrected chi connectivity index (χ4v) is 1.95. The first-order valence-corrected chi connectivity index (χ1v) is 6.44. The first kappa shape index (κ1) is 13.5. The van der Waals surface area contributed by atoms with Crippen molar-refractivity contribution in [2.24, 2.45) is 0 Å². The first-order valence-electron chi connectivity index (χ1n) is 6.06. The fraction of sp³-hybridized carbons (Fsp3) is 0.667. The molecule has 1 aromatic heterocycles. The summed E-state index contributed by atoms with van der Waals surface area (Å²) < 4.78 is 11.9. The maximum Gasteiger partial charge on any atom is 0.255 e. The molecule has 0 atom stereocenters. The Morgan fingerprint density at radius 2 is 2.22 bits per heavy atom. The Balaban J connectivity index is 2.00. The molecule has 1 fully saturated rings. The van der Waals surface area contributed by atoms with Crippen molar-refractivity contribution in [3.05, 3.63) is 27.4 Å². The molecule has 0 bridgehead atoms. The van der Waals surface area contributed by atoms with Crippen LogP contribution in [0.3, 0.4) is 0 Å². The van der Waals surface area contributed by atoms with Gasteiger partial charge in [-0.05, 0) is 12.8 Å². The minimum atomic E-state index is -0.104. The summed E-state index contributed by atoms with van der Waals surface area (Å²) in [5.41, 5.74) is -0.104. The van der Waals surface area contributed by atoms with Crippen LogP contribution in [0.25, 0.3) is 0 Å². The van der Waals surface area contributed by atoms with Gasteiger partial charge in [-0.3, -0.25) is 9.36 Å². The maximum atomic E-state index is 11.9. The van der Waals surface area contributed by atoms with Crippen molar-refractivity contribution >= 4 is 11.6 Å². The molecule has 0 saturated heterocycles. The molecule has 1 saturated carbocycles. The molecule has 1 heterocycles. The first-order chi connectivity index (χ1) is 8.72. The van der Waals surface area contributed by atoms with Crippen LogP contribution < -0.4 is 5.56 Å². The van der Waals surface area contributed by atoms with Crippen molar-refractivity contribution in [2.45, 2.75) is 25.3 Å². The van der Waals surface area contributed by atoms with Gasteiger partial charge in [0.15, 0.2) is 0 Å². The van der Waals surface area contributed by atoms with Gasteiger partial charge >= 0.3 is 0 Å². The van der Waals surface area contributed by atoms with Crippen LogP contribution in [-0.4, -0.2) is 36.5 Å². The third-order valence-electron chi connectivity index (χ3n) is 2.84. The van der Waals surface area contributed by atoms with Crippen LogP contribution in [0.4, 0.5) is 0 Å². The molecule has 0 unspecified atom stereocenters. The summed E-state index contributed by atoms with van der Waals surface area (Å²) in [6.07, 6.45) is 2.16. The fourth-order valence-electron chi connectivity index (χ4n) is 1.77. The van der Waals surface area contributed by atoms with E-state index in [9.17, 15) is 4.79 Å². The van der Waals surface area contributed by atoms with Crippen LogP contribution in [0.1, 0.15) is 24.6 Å². The molecule has 2 rings (SSSR count). The lowest BCUT2D eigenvalue weighted by Gasteiger charge is -2.11. The highest BCUT2D eigenvalue weighted by Crippen LogP contribution is 2.38. The van der Waals surface area contributed by atoms with Gasteiger partial charge in [-0.1, -0.05) is 11.6 Å². The minimum Gasteiger partial charge on any atom is -0.382 e. The van der Waals surface area contributed by atoms with Gasteiger partial charge in [-0.2, -0.15) is 0 Å². The third-order valence-corrected chi connectivity index (χ3v) is 3.03. The second kappa shape index (κ2) is 6.31. The molecule has 0 radical (unpaired) electrons. The van der Waals surface area contributed by atoms with Gasteiger partial charge < -0.3 is 9.47 Å². The number of methoxy groups -OCH3 is 1. The van der Waals surface area contributed by atoms with Crippen LogP contribution in [-0.2, 0) is 16.0 Å². The molecule has 0 aliphatic heterocycles.